The molecular weight excluding hydrogens is 95.0 g/mol. The molecule has 0 aliphatic carbocycles. The van der Waals surface area contributed by atoms with Crippen LogP contribution in [0, 0.1) is 0 Å². The molecule has 6 heavy (non-hydrogen) atoms. The second-order valence-corrected chi connectivity index (χ2v) is 0.449. The van der Waals surface area contributed by atoms with Gasteiger partial charge in [-0.2, -0.15) is 0 Å². The quantitative estimate of drug-likeness (QED) is 0.154. The molecule has 4 N–H and O–H groups in total. The molecule has 1 amide bonds. The zero-order chi connectivity index (χ0) is 4.28. The maximum absolute atomic E-state index is 9.13. The third kappa shape index (κ3) is 8.87. The first kappa shape index (κ1) is 9.52. The Hall–Kier alpha value is 0.230. The summed E-state index contributed by atoms with van der Waals surface area (Å²) in [7, 11) is 0. The van der Waals surface area contributed by atoms with E-state index >= 15 is 0 Å². The minimum atomic E-state index is -1.22. The summed E-state index contributed by atoms with van der Waals surface area (Å²) in [5.41, 5.74) is 1.44. The van der Waals surface area contributed by atoms with Gasteiger partial charge < -0.3 is 5.11 Å². The van der Waals surface area contributed by atoms with Crippen molar-refractivity contribution < 1.29 is 9.90 Å². The summed E-state index contributed by atoms with van der Waals surface area (Å²) in [6.45, 7) is 0. The van der Waals surface area contributed by atoms with Crippen molar-refractivity contribution in [3.8, 4) is 0 Å². The van der Waals surface area contributed by atoms with Gasteiger partial charge in [0.1, 0.15) is 0 Å². The molecule has 0 aromatic carbocycles. The Labute approximate surface area is 57.0 Å². The van der Waals surface area contributed by atoms with E-state index in [1.165, 1.54) is 5.43 Å². The average molecular weight is 99.0 g/mol. The molecule has 0 spiro atoms. The van der Waals surface area contributed by atoms with Crippen molar-refractivity contribution in [3.63, 3.8) is 0 Å². The van der Waals surface area contributed by atoms with E-state index < -0.39 is 6.09 Å². The Balaban J connectivity index is 0. The maximum Gasteiger partial charge on any atom is 0.418 e. The average Bonchev–Trinajstić information content (AvgIpc) is 1.38. The summed E-state index contributed by atoms with van der Waals surface area (Å²) in [4.78, 5) is 9.13. The Kier molecular flexibility index (Phi) is 8.30. The van der Waals surface area contributed by atoms with Crippen LogP contribution in [-0.4, -0.2) is 40.8 Å². The number of hydrazine groups is 1. The van der Waals surface area contributed by atoms with E-state index in [9.17, 15) is 0 Å². The predicted octanol–water partition coefficient (Wildman–Crippen LogP) is -1.25. The minimum Gasteiger partial charge on any atom is -0.464 e. The first-order valence-electron chi connectivity index (χ1n) is 0.966. The number of rotatable bonds is 0. The van der Waals surface area contributed by atoms with Crippen molar-refractivity contribution in [2.75, 3.05) is 0 Å². The summed E-state index contributed by atoms with van der Waals surface area (Å²) in [6.07, 6.45) is -1.22. The van der Waals surface area contributed by atoms with Crippen LogP contribution in [0.25, 0.3) is 0 Å². The van der Waals surface area contributed by atoms with Gasteiger partial charge in [0.25, 0.3) is 0 Å². The SMILES string of the molecule is NNC(=O)O.[Na]. The van der Waals surface area contributed by atoms with Crippen molar-refractivity contribution in [2.24, 2.45) is 5.84 Å². The Morgan fingerprint density at radius 1 is 1.83 bits per heavy atom. The topological polar surface area (TPSA) is 75.3 Å². The van der Waals surface area contributed by atoms with Gasteiger partial charge in [-0.25, -0.2) is 10.6 Å². The molecule has 4 nitrogen and oxygen atoms in total. The first-order valence-corrected chi connectivity index (χ1v) is 0.966. The van der Waals surface area contributed by atoms with Gasteiger partial charge in [-0.3, -0.25) is 5.43 Å². The second-order valence-electron chi connectivity index (χ2n) is 0.449. The summed E-state index contributed by atoms with van der Waals surface area (Å²) in [6, 6.07) is 0. The van der Waals surface area contributed by atoms with E-state index in [-0.39, 0.29) is 29.6 Å². The van der Waals surface area contributed by atoms with Crippen LogP contribution in [0.5, 0.6) is 0 Å². The van der Waals surface area contributed by atoms with Gasteiger partial charge in [0.2, 0.25) is 0 Å². The summed E-state index contributed by atoms with van der Waals surface area (Å²) >= 11 is 0. The zero-order valence-corrected chi connectivity index (χ0v) is 5.43. The maximum atomic E-state index is 9.13. The van der Waals surface area contributed by atoms with Crippen LogP contribution in [0.3, 0.4) is 0 Å². The number of nitrogens with one attached hydrogen (secondary N) is 1. The van der Waals surface area contributed by atoms with Gasteiger partial charge in [-0.1, -0.05) is 0 Å². The van der Waals surface area contributed by atoms with Gasteiger partial charge >= 0.3 is 6.09 Å². The largest absolute Gasteiger partial charge is 0.464 e. The van der Waals surface area contributed by atoms with Crippen LogP contribution in [0.15, 0.2) is 0 Å². The molecule has 0 fully saturated rings. The number of hydrogen-bond donors (Lipinski definition) is 3. The van der Waals surface area contributed by atoms with Crippen LogP contribution in [0.1, 0.15) is 0 Å². The fourth-order valence-corrected chi connectivity index (χ4v) is 0. The van der Waals surface area contributed by atoms with E-state index in [4.69, 9.17) is 9.90 Å². The van der Waals surface area contributed by atoms with Crippen molar-refractivity contribution in [2.45, 2.75) is 0 Å². The number of carboxylic acid groups (broad SMARTS) is 1. The van der Waals surface area contributed by atoms with Crippen molar-refractivity contribution in [1.29, 1.82) is 0 Å². The summed E-state index contributed by atoms with van der Waals surface area (Å²) in [5.74, 6) is 4.32. The molecule has 0 unspecified atom stereocenters. The van der Waals surface area contributed by atoms with Gasteiger partial charge in [0.15, 0.2) is 0 Å². The number of carbonyl (C=O) groups is 1. The molecular formula is CH4N2NaO2. The van der Waals surface area contributed by atoms with Crippen LogP contribution >= 0.6 is 0 Å². The standard InChI is InChI=1S/CH4N2O2.Na/c2-3-1(4)5;/h3H,2H2,(H,4,5);. The van der Waals surface area contributed by atoms with Gasteiger partial charge in [0.05, 0.1) is 0 Å². The first-order chi connectivity index (χ1) is 2.27. The second kappa shape index (κ2) is 5.23. The number of nitrogens with two attached hydrogens (primary N) is 1. The molecule has 0 rings (SSSR count). The molecule has 0 aromatic rings. The normalized spacial score (nSPS) is 5.50. The van der Waals surface area contributed by atoms with E-state index in [2.05, 4.69) is 5.84 Å². The molecule has 0 bridgehead atoms. The Morgan fingerprint density at radius 2 is 2.00 bits per heavy atom. The van der Waals surface area contributed by atoms with Crippen LogP contribution in [-0.2, 0) is 0 Å². The Morgan fingerprint density at radius 3 is 2.00 bits per heavy atom. The smallest absolute Gasteiger partial charge is 0.418 e. The predicted molar refractivity (Wildman–Crippen MR) is 21.1 cm³/mol. The number of amides is 1. The van der Waals surface area contributed by atoms with E-state index in [1.54, 1.807) is 0 Å². The molecule has 0 heterocycles. The van der Waals surface area contributed by atoms with Gasteiger partial charge in [0, 0.05) is 29.6 Å². The summed E-state index contributed by atoms with van der Waals surface area (Å²) in [5, 5.41) is 7.49. The molecule has 0 atom stereocenters. The fraction of sp³-hybridized carbons (Fsp3) is 0. The molecule has 0 aliphatic heterocycles. The van der Waals surface area contributed by atoms with Crippen molar-refractivity contribution >= 4 is 35.7 Å². The molecule has 5 heteroatoms. The molecule has 0 saturated heterocycles. The Bertz CT molecular complexity index is 46.8. The summed E-state index contributed by atoms with van der Waals surface area (Å²) < 4.78 is 0. The van der Waals surface area contributed by atoms with E-state index in [0.717, 1.165) is 0 Å². The van der Waals surface area contributed by atoms with Crippen molar-refractivity contribution in [3.05, 3.63) is 0 Å². The zero-order valence-electron chi connectivity index (χ0n) is 3.43. The van der Waals surface area contributed by atoms with E-state index in [0.29, 0.717) is 0 Å². The van der Waals surface area contributed by atoms with Crippen LogP contribution in [0.2, 0.25) is 0 Å². The monoisotopic (exact) mass is 99.0 g/mol. The molecule has 0 aromatic heterocycles. The molecule has 0 aliphatic rings. The third-order valence-electron chi connectivity index (χ3n) is 0.123. The molecule has 0 saturated carbocycles. The van der Waals surface area contributed by atoms with Crippen LogP contribution < -0.4 is 11.3 Å². The van der Waals surface area contributed by atoms with Crippen molar-refractivity contribution in [1.82, 2.24) is 5.43 Å². The molecule has 1 radical (unpaired) electrons. The fourth-order valence-electron chi connectivity index (χ4n) is 0. The minimum absolute atomic E-state index is 0. The van der Waals surface area contributed by atoms with E-state index in [1.807, 2.05) is 0 Å². The third-order valence-corrected chi connectivity index (χ3v) is 0.123. The molecule has 31 valence electrons. The van der Waals surface area contributed by atoms with Crippen LogP contribution in [0.4, 0.5) is 4.79 Å². The number of hydrogen-bond acceptors (Lipinski definition) is 2. The van der Waals surface area contributed by atoms with Gasteiger partial charge in [-0.15, -0.1) is 0 Å². The van der Waals surface area contributed by atoms with Gasteiger partial charge in [-0.05, 0) is 0 Å².